The standard InChI is InChI=1S/C17H27N3O/c1-21-17-6-5-15(13-16(17)18)20-11-7-14(8-12-20)19-9-3-2-4-10-19/h5-6,13-14H,2-4,7-12,18H2,1H3. The molecule has 2 heterocycles. The fourth-order valence-corrected chi connectivity index (χ4v) is 3.69. The Morgan fingerprint density at radius 2 is 1.76 bits per heavy atom. The minimum atomic E-state index is 0.730. The quantitative estimate of drug-likeness (QED) is 0.869. The van der Waals surface area contributed by atoms with Crippen molar-refractivity contribution in [2.75, 3.05) is 43.9 Å². The van der Waals surface area contributed by atoms with Crippen LogP contribution in [-0.2, 0) is 0 Å². The van der Waals surface area contributed by atoms with Gasteiger partial charge in [0, 0.05) is 24.8 Å². The molecule has 0 aliphatic carbocycles. The number of rotatable bonds is 3. The molecule has 2 aliphatic rings. The summed E-state index contributed by atoms with van der Waals surface area (Å²) in [4.78, 5) is 5.17. The second-order valence-corrected chi connectivity index (χ2v) is 6.24. The van der Waals surface area contributed by atoms with Crippen molar-refractivity contribution < 1.29 is 4.74 Å². The molecule has 4 heteroatoms. The predicted molar refractivity (Wildman–Crippen MR) is 88.1 cm³/mol. The third-order valence-corrected chi connectivity index (χ3v) is 4.95. The van der Waals surface area contributed by atoms with Gasteiger partial charge in [-0.05, 0) is 57.0 Å². The molecule has 0 spiro atoms. The van der Waals surface area contributed by atoms with E-state index in [1.165, 1.54) is 50.9 Å². The Kier molecular flexibility index (Phi) is 4.54. The van der Waals surface area contributed by atoms with Crippen molar-refractivity contribution in [1.82, 2.24) is 4.90 Å². The van der Waals surface area contributed by atoms with E-state index in [1.54, 1.807) is 7.11 Å². The molecular weight excluding hydrogens is 262 g/mol. The number of hydrogen-bond donors (Lipinski definition) is 1. The molecule has 0 aromatic heterocycles. The zero-order valence-corrected chi connectivity index (χ0v) is 13.1. The minimum absolute atomic E-state index is 0.730. The van der Waals surface area contributed by atoms with Crippen molar-refractivity contribution in [3.8, 4) is 5.75 Å². The molecule has 2 saturated heterocycles. The number of benzene rings is 1. The van der Waals surface area contributed by atoms with Crippen molar-refractivity contribution in [1.29, 1.82) is 0 Å². The molecular formula is C17H27N3O. The number of ether oxygens (including phenoxy) is 1. The first kappa shape index (κ1) is 14.5. The molecule has 1 aromatic rings. The number of likely N-dealkylation sites (tertiary alicyclic amines) is 1. The Bertz CT molecular complexity index is 463. The molecule has 21 heavy (non-hydrogen) atoms. The van der Waals surface area contributed by atoms with Gasteiger partial charge in [-0.25, -0.2) is 0 Å². The number of nitrogens with two attached hydrogens (primary N) is 1. The van der Waals surface area contributed by atoms with Gasteiger partial charge in [0.25, 0.3) is 0 Å². The van der Waals surface area contributed by atoms with Crippen LogP contribution in [0.3, 0.4) is 0 Å². The van der Waals surface area contributed by atoms with Crippen LogP contribution < -0.4 is 15.4 Å². The van der Waals surface area contributed by atoms with Gasteiger partial charge < -0.3 is 20.3 Å². The Balaban J connectivity index is 1.58. The topological polar surface area (TPSA) is 41.7 Å². The molecule has 2 N–H and O–H groups in total. The molecule has 3 rings (SSSR count). The van der Waals surface area contributed by atoms with Crippen LogP contribution in [0.25, 0.3) is 0 Å². The van der Waals surface area contributed by atoms with Gasteiger partial charge >= 0.3 is 0 Å². The van der Waals surface area contributed by atoms with Crippen LogP contribution in [0.5, 0.6) is 5.75 Å². The second-order valence-electron chi connectivity index (χ2n) is 6.24. The van der Waals surface area contributed by atoms with Gasteiger partial charge in [0.2, 0.25) is 0 Å². The highest BCUT2D eigenvalue weighted by atomic mass is 16.5. The van der Waals surface area contributed by atoms with E-state index in [0.717, 1.165) is 30.6 Å². The fourth-order valence-electron chi connectivity index (χ4n) is 3.69. The SMILES string of the molecule is COc1ccc(N2CCC(N3CCCCC3)CC2)cc1N. The smallest absolute Gasteiger partial charge is 0.141 e. The molecule has 0 unspecified atom stereocenters. The molecule has 4 nitrogen and oxygen atoms in total. The maximum Gasteiger partial charge on any atom is 0.141 e. The largest absolute Gasteiger partial charge is 0.495 e. The van der Waals surface area contributed by atoms with Crippen molar-refractivity contribution in [2.45, 2.75) is 38.1 Å². The molecule has 1 aromatic carbocycles. The van der Waals surface area contributed by atoms with E-state index in [9.17, 15) is 0 Å². The minimum Gasteiger partial charge on any atom is -0.495 e. The van der Waals surface area contributed by atoms with Crippen molar-refractivity contribution in [3.63, 3.8) is 0 Å². The van der Waals surface area contributed by atoms with Gasteiger partial charge in [0.1, 0.15) is 5.75 Å². The molecule has 116 valence electrons. The monoisotopic (exact) mass is 289 g/mol. The molecule has 2 fully saturated rings. The molecule has 0 bridgehead atoms. The Labute approximate surface area is 127 Å². The lowest BCUT2D eigenvalue weighted by molar-refractivity contribution is 0.141. The molecule has 0 atom stereocenters. The number of nitrogens with zero attached hydrogens (tertiary/aromatic N) is 2. The third-order valence-electron chi connectivity index (χ3n) is 4.95. The summed E-state index contributed by atoms with van der Waals surface area (Å²) < 4.78 is 5.23. The van der Waals surface area contributed by atoms with E-state index < -0.39 is 0 Å². The van der Waals surface area contributed by atoms with Gasteiger partial charge in [-0.1, -0.05) is 6.42 Å². The van der Waals surface area contributed by atoms with Crippen LogP contribution in [0.15, 0.2) is 18.2 Å². The summed E-state index contributed by atoms with van der Waals surface area (Å²) in [7, 11) is 1.66. The summed E-state index contributed by atoms with van der Waals surface area (Å²) in [5, 5.41) is 0. The maximum absolute atomic E-state index is 6.02. The summed E-state index contributed by atoms with van der Waals surface area (Å²) >= 11 is 0. The van der Waals surface area contributed by atoms with E-state index in [-0.39, 0.29) is 0 Å². The fraction of sp³-hybridized carbons (Fsp3) is 0.647. The highest BCUT2D eigenvalue weighted by molar-refractivity contribution is 5.63. The van der Waals surface area contributed by atoms with Crippen LogP contribution in [0.4, 0.5) is 11.4 Å². The molecule has 0 saturated carbocycles. The summed E-state index contributed by atoms with van der Waals surface area (Å²) in [6.07, 6.45) is 6.72. The van der Waals surface area contributed by atoms with Crippen LogP contribution in [0, 0.1) is 0 Å². The normalized spacial score (nSPS) is 21.5. The Morgan fingerprint density at radius 1 is 1.05 bits per heavy atom. The van der Waals surface area contributed by atoms with Gasteiger partial charge in [-0.3, -0.25) is 0 Å². The number of hydrogen-bond acceptors (Lipinski definition) is 4. The van der Waals surface area contributed by atoms with Gasteiger partial charge in [-0.2, -0.15) is 0 Å². The summed E-state index contributed by atoms with van der Waals surface area (Å²) in [5.74, 6) is 0.766. The zero-order valence-electron chi connectivity index (χ0n) is 13.1. The highest BCUT2D eigenvalue weighted by Gasteiger charge is 2.25. The molecule has 0 amide bonds. The van der Waals surface area contributed by atoms with Crippen LogP contribution >= 0.6 is 0 Å². The number of nitrogen functional groups attached to an aromatic ring is 1. The Hall–Kier alpha value is -1.42. The van der Waals surface area contributed by atoms with Crippen LogP contribution in [-0.4, -0.2) is 44.2 Å². The third kappa shape index (κ3) is 3.26. The average molecular weight is 289 g/mol. The van der Waals surface area contributed by atoms with Gasteiger partial charge in [0.15, 0.2) is 0 Å². The average Bonchev–Trinajstić information content (AvgIpc) is 2.56. The predicted octanol–water partition coefficient (Wildman–Crippen LogP) is 2.73. The number of methoxy groups -OCH3 is 1. The van der Waals surface area contributed by atoms with E-state index >= 15 is 0 Å². The number of anilines is 2. The van der Waals surface area contributed by atoms with Gasteiger partial charge in [0.05, 0.1) is 12.8 Å². The van der Waals surface area contributed by atoms with Crippen molar-refractivity contribution >= 4 is 11.4 Å². The maximum atomic E-state index is 6.02. The highest BCUT2D eigenvalue weighted by Crippen LogP contribution is 2.29. The first-order valence-corrected chi connectivity index (χ1v) is 8.20. The first-order valence-electron chi connectivity index (χ1n) is 8.20. The van der Waals surface area contributed by atoms with Crippen LogP contribution in [0.1, 0.15) is 32.1 Å². The summed E-state index contributed by atoms with van der Waals surface area (Å²) in [6, 6.07) is 6.93. The first-order chi connectivity index (χ1) is 10.3. The lowest BCUT2D eigenvalue weighted by atomic mass is 9.99. The summed E-state index contributed by atoms with van der Waals surface area (Å²) in [5.41, 5.74) is 7.98. The second kappa shape index (κ2) is 6.56. The van der Waals surface area contributed by atoms with E-state index in [0.29, 0.717) is 0 Å². The molecule has 0 radical (unpaired) electrons. The Morgan fingerprint density at radius 3 is 2.38 bits per heavy atom. The van der Waals surface area contributed by atoms with Crippen molar-refractivity contribution in [3.05, 3.63) is 18.2 Å². The van der Waals surface area contributed by atoms with E-state index in [4.69, 9.17) is 10.5 Å². The van der Waals surface area contributed by atoms with Crippen molar-refractivity contribution in [2.24, 2.45) is 0 Å². The number of piperidine rings is 2. The van der Waals surface area contributed by atoms with E-state index in [2.05, 4.69) is 15.9 Å². The van der Waals surface area contributed by atoms with Gasteiger partial charge in [-0.15, -0.1) is 0 Å². The van der Waals surface area contributed by atoms with E-state index in [1.807, 2.05) is 12.1 Å². The lowest BCUT2D eigenvalue weighted by Gasteiger charge is -2.41. The zero-order chi connectivity index (χ0) is 14.7. The molecule has 2 aliphatic heterocycles. The summed E-state index contributed by atoms with van der Waals surface area (Å²) in [6.45, 7) is 4.88. The lowest BCUT2D eigenvalue weighted by Crippen LogP contribution is -2.46. The van der Waals surface area contributed by atoms with Crippen LogP contribution in [0.2, 0.25) is 0 Å².